The van der Waals surface area contributed by atoms with Crippen LogP contribution in [0.15, 0.2) is 54.0 Å². The van der Waals surface area contributed by atoms with Crippen LogP contribution in [0.2, 0.25) is 0 Å². The number of nitro groups is 1. The molecule has 1 aliphatic heterocycles. The number of methoxy groups -OCH3 is 1. The number of aromatic nitrogens is 1. The minimum absolute atomic E-state index is 0.0226. The SMILES string of the molecule is COC(=O)C1=C(Nc2cc(Oc3cccnc3)cc([N+](=O)[O-])c2)C(=O)N(CCO)C1. The van der Waals surface area contributed by atoms with Gasteiger partial charge < -0.3 is 24.8 Å². The normalized spacial score (nSPS) is 13.4. The van der Waals surface area contributed by atoms with Crippen LogP contribution in [0.5, 0.6) is 11.5 Å². The Bertz CT molecular complexity index is 1010. The van der Waals surface area contributed by atoms with E-state index < -0.39 is 16.8 Å². The molecular formula is C19H18N4O7. The summed E-state index contributed by atoms with van der Waals surface area (Å²) in [6.45, 7) is -0.315. The van der Waals surface area contributed by atoms with Crippen LogP contribution in [0.1, 0.15) is 0 Å². The molecule has 3 rings (SSSR count). The van der Waals surface area contributed by atoms with E-state index in [4.69, 9.17) is 14.6 Å². The maximum absolute atomic E-state index is 12.6. The van der Waals surface area contributed by atoms with Crippen LogP contribution >= 0.6 is 0 Å². The van der Waals surface area contributed by atoms with Gasteiger partial charge in [-0.1, -0.05) is 0 Å². The molecule has 0 saturated heterocycles. The van der Waals surface area contributed by atoms with Gasteiger partial charge in [-0.05, 0) is 12.1 Å². The molecule has 156 valence electrons. The van der Waals surface area contributed by atoms with E-state index in [2.05, 4.69) is 10.3 Å². The van der Waals surface area contributed by atoms with Gasteiger partial charge in [0, 0.05) is 30.6 Å². The molecule has 1 amide bonds. The van der Waals surface area contributed by atoms with Gasteiger partial charge in [0.15, 0.2) is 0 Å². The number of hydrogen-bond donors (Lipinski definition) is 2. The third-order valence-electron chi connectivity index (χ3n) is 4.20. The molecule has 0 aliphatic carbocycles. The van der Waals surface area contributed by atoms with E-state index in [0.29, 0.717) is 5.75 Å². The second-order valence-corrected chi connectivity index (χ2v) is 6.18. The highest BCUT2D eigenvalue weighted by atomic mass is 16.6. The first kappa shape index (κ1) is 20.7. The number of esters is 1. The molecular weight excluding hydrogens is 396 g/mol. The van der Waals surface area contributed by atoms with Crippen molar-refractivity contribution in [3.05, 3.63) is 64.1 Å². The number of pyridine rings is 1. The van der Waals surface area contributed by atoms with Gasteiger partial charge >= 0.3 is 5.97 Å². The average molecular weight is 414 g/mol. The summed E-state index contributed by atoms with van der Waals surface area (Å²) in [7, 11) is 1.18. The van der Waals surface area contributed by atoms with Crippen LogP contribution in [0.3, 0.4) is 0 Å². The molecule has 0 spiro atoms. The van der Waals surface area contributed by atoms with Crippen LogP contribution in [-0.4, -0.2) is 58.6 Å². The molecule has 0 fully saturated rings. The number of β-amino-alcohol motifs (C(OH)–C–C–N with tert-alkyl or cyclic N) is 1. The lowest BCUT2D eigenvalue weighted by molar-refractivity contribution is -0.384. The van der Waals surface area contributed by atoms with E-state index in [1.54, 1.807) is 18.3 Å². The van der Waals surface area contributed by atoms with Crippen LogP contribution in [0.4, 0.5) is 11.4 Å². The highest BCUT2D eigenvalue weighted by Crippen LogP contribution is 2.31. The van der Waals surface area contributed by atoms with Crippen molar-refractivity contribution < 1.29 is 29.1 Å². The standard InChI is InChI=1S/C19H18N4O7/c1-29-19(26)16-11-22(5-6-24)18(25)17(16)21-12-7-13(23(27)28)9-15(8-12)30-14-3-2-4-20-10-14/h2-4,7-10,21,24H,5-6,11H2,1H3. The van der Waals surface area contributed by atoms with Crippen molar-refractivity contribution in [2.24, 2.45) is 0 Å². The number of nitrogens with zero attached hydrogens (tertiary/aromatic N) is 3. The molecule has 11 nitrogen and oxygen atoms in total. The molecule has 0 bridgehead atoms. The number of nitro benzene ring substituents is 1. The van der Waals surface area contributed by atoms with E-state index in [-0.39, 0.29) is 48.1 Å². The number of non-ortho nitro benzene ring substituents is 1. The summed E-state index contributed by atoms with van der Waals surface area (Å²) < 4.78 is 10.3. The Morgan fingerprint density at radius 1 is 1.37 bits per heavy atom. The topological polar surface area (TPSA) is 144 Å². The second kappa shape index (κ2) is 9.01. The predicted octanol–water partition coefficient (Wildman–Crippen LogP) is 1.46. The van der Waals surface area contributed by atoms with Crippen molar-refractivity contribution in [1.29, 1.82) is 0 Å². The molecule has 0 unspecified atom stereocenters. The van der Waals surface area contributed by atoms with E-state index >= 15 is 0 Å². The fraction of sp³-hybridized carbons (Fsp3) is 0.211. The van der Waals surface area contributed by atoms with Gasteiger partial charge in [0.05, 0.1) is 43.0 Å². The summed E-state index contributed by atoms with van der Waals surface area (Å²) in [5.74, 6) is -0.753. The summed E-state index contributed by atoms with van der Waals surface area (Å²) in [6.07, 6.45) is 3.00. The fourth-order valence-electron chi connectivity index (χ4n) is 2.86. The first-order chi connectivity index (χ1) is 14.4. The molecule has 1 aromatic heterocycles. The van der Waals surface area contributed by atoms with Gasteiger partial charge in [0.25, 0.3) is 11.6 Å². The largest absolute Gasteiger partial charge is 0.466 e. The lowest BCUT2D eigenvalue weighted by Crippen LogP contribution is -2.31. The number of hydrogen-bond acceptors (Lipinski definition) is 9. The molecule has 2 heterocycles. The molecule has 0 radical (unpaired) electrons. The fourth-order valence-corrected chi connectivity index (χ4v) is 2.86. The minimum atomic E-state index is -0.719. The maximum atomic E-state index is 12.6. The van der Waals surface area contributed by atoms with Crippen LogP contribution in [0.25, 0.3) is 0 Å². The molecule has 0 saturated carbocycles. The van der Waals surface area contributed by atoms with Crippen LogP contribution in [-0.2, 0) is 14.3 Å². The van der Waals surface area contributed by atoms with Crippen LogP contribution < -0.4 is 10.1 Å². The maximum Gasteiger partial charge on any atom is 0.337 e. The number of nitrogens with one attached hydrogen (secondary N) is 1. The van der Waals surface area contributed by atoms with Gasteiger partial charge in [0.1, 0.15) is 17.2 Å². The van der Waals surface area contributed by atoms with Crippen molar-refractivity contribution in [3.8, 4) is 11.5 Å². The monoisotopic (exact) mass is 414 g/mol. The van der Waals surface area contributed by atoms with Gasteiger partial charge in [-0.15, -0.1) is 0 Å². The lowest BCUT2D eigenvalue weighted by atomic mass is 10.2. The molecule has 1 aliphatic rings. The van der Waals surface area contributed by atoms with Crippen molar-refractivity contribution in [2.45, 2.75) is 0 Å². The number of amides is 1. The predicted molar refractivity (Wildman–Crippen MR) is 104 cm³/mol. The quantitative estimate of drug-likeness (QED) is 0.372. The molecule has 2 aromatic rings. The summed E-state index contributed by atoms with van der Waals surface area (Å²) in [5, 5.41) is 23.2. The Hall–Kier alpha value is -3.99. The highest BCUT2D eigenvalue weighted by Gasteiger charge is 2.34. The van der Waals surface area contributed by atoms with E-state index in [1.807, 2.05) is 0 Å². The Kier molecular flexibility index (Phi) is 6.23. The molecule has 1 aromatic carbocycles. The zero-order valence-electron chi connectivity index (χ0n) is 15.9. The molecule has 0 atom stereocenters. The van der Waals surface area contributed by atoms with E-state index in [1.165, 1.54) is 36.4 Å². The summed E-state index contributed by atoms with van der Waals surface area (Å²) in [5.41, 5.74) is -0.143. The van der Waals surface area contributed by atoms with Gasteiger partial charge in [0.2, 0.25) is 0 Å². The average Bonchev–Trinajstić information content (AvgIpc) is 3.04. The van der Waals surface area contributed by atoms with E-state index in [9.17, 15) is 19.7 Å². The smallest absolute Gasteiger partial charge is 0.337 e. The minimum Gasteiger partial charge on any atom is -0.466 e. The van der Waals surface area contributed by atoms with Crippen molar-refractivity contribution in [2.75, 3.05) is 32.1 Å². The Morgan fingerprint density at radius 3 is 2.80 bits per heavy atom. The van der Waals surface area contributed by atoms with Gasteiger partial charge in [-0.2, -0.15) is 0 Å². The molecule has 30 heavy (non-hydrogen) atoms. The number of carbonyl (C=O) groups excluding carboxylic acids is 2. The van der Waals surface area contributed by atoms with Crippen molar-refractivity contribution >= 4 is 23.3 Å². The lowest BCUT2D eigenvalue weighted by Gasteiger charge is -2.15. The number of carbonyl (C=O) groups is 2. The van der Waals surface area contributed by atoms with Gasteiger partial charge in [-0.3, -0.25) is 19.9 Å². The zero-order chi connectivity index (χ0) is 21.7. The zero-order valence-corrected chi connectivity index (χ0v) is 15.9. The van der Waals surface area contributed by atoms with Crippen molar-refractivity contribution in [1.82, 2.24) is 9.88 Å². The summed E-state index contributed by atoms with van der Waals surface area (Å²) in [4.78, 5) is 40.6. The van der Waals surface area contributed by atoms with Crippen molar-refractivity contribution in [3.63, 3.8) is 0 Å². The summed E-state index contributed by atoms with van der Waals surface area (Å²) >= 11 is 0. The van der Waals surface area contributed by atoms with E-state index in [0.717, 1.165) is 0 Å². The third-order valence-corrected chi connectivity index (χ3v) is 4.20. The first-order valence-corrected chi connectivity index (χ1v) is 8.79. The number of benzene rings is 1. The molecule has 11 heteroatoms. The third kappa shape index (κ3) is 4.52. The number of aliphatic hydroxyl groups is 1. The Morgan fingerprint density at radius 2 is 2.17 bits per heavy atom. The highest BCUT2D eigenvalue weighted by molar-refractivity contribution is 6.08. The molecule has 2 N–H and O–H groups in total. The number of anilines is 1. The number of aliphatic hydroxyl groups excluding tert-OH is 1. The van der Waals surface area contributed by atoms with Crippen LogP contribution in [0, 0.1) is 10.1 Å². The first-order valence-electron chi connectivity index (χ1n) is 8.79. The number of rotatable bonds is 8. The second-order valence-electron chi connectivity index (χ2n) is 6.18. The Labute approximate surface area is 170 Å². The number of ether oxygens (including phenoxy) is 2. The Balaban J connectivity index is 1.96. The summed E-state index contributed by atoms with van der Waals surface area (Å²) in [6, 6.07) is 7.16. The van der Waals surface area contributed by atoms with Gasteiger partial charge in [-0.25, -0.2) is 4.79 Å².